The quantitative estimate of drug-likeness (QED) is 0.624. The Bertz CT molecular complexity index is 259. The summed E-state index contributed by atoms with van der Waals surface area (Å²) in [7, 11) is 2.19. The van der Waals surface area contributed by atoms with Crippen LogP contribution in [0.15, 0.2) is 24.5 Å². The molecule has 0 aromatic carbocycles. The minimum Gasteiger partial charge on any atom is -1.00 e. The standard InChI is InChI=1S/C10H14N2.Mg.2H/c1-12-7-3-5-10(12)9-4-2-6-11-8-9;;;/h2,4,6,8,10H,3,5,7H2,1H3;;;/q;+2;2*-1. The third-order valence-corrected chi connectivity index (χ3v) is 2.59. The second kappa shape index (κ2) is 4.93. The number of aromatic nitrogens is 1. The van der Waals surface area contributed by atoms with E-state index in [1.807, 2.05) is 18.5 Å². The van der Waals surface area contributed by atoms with Gasteiger partial charge in [0.2, 0.25) is 0 Å². The molecule has 0 radical (unpaired) electrons. The van der Waals surface area contributed by atoms with Gasteiger partial charge in [0.15, 0.2) is 0 Å². The Balaban J connectivity index is 0. The average molecular weight is 189 g/mol. The van der Waals surface area contributed by atoms with Crippen LogP contribution in [-0.2, 0) is 0 Å². The number of likely N-dealkylation sites (tertiary alicyclic amines) is 1. The minimum absolute atomic E-state index is 0. The van der Waals surface area contributed by atoms with Gasteiger partial charge in [-0.2, -0.15) is 0 Å². The largest absolute Gasteiger partial charge is 2.00 e. The van der Waals surface area contributed by atoms with Crippen LogP contribution in [0.25, 0.3) is 0 Å². The van der Waals surface area contributed by atoms with Crippen molar-refractivity contribution in [3.63, 3.8) is 0 Å². The monoisotopic (exact) mass is 188 g/mol. The van der Waals surface area contributed by atoms with Crippen molar-refractivity contribution in [3.8, 4) is 0 Å². The van der Waals surface area contributed by atoms with E-state index < -0.39 is 0 Å². The van der Waals surface area contributed by atoms with E-state index in [1.165, 1.54) is 24.9 Å². The molecule has 1 aliphatic rings. The molecular formula is C10H16MgN2. The summed E-state index contributed by atoms with van der Waals surface area (Å²) in [6.45, 7) is 1.22. The van der Waals surface area contributed by atoms with E-state index in [-0.39, 0.29) is 25.9 Å². The minimum atomic E-state index is 0. The maximum atomic E-state index is 4.14. The van der Waals surface area contributed by atoms with Gasteiger partial charge in [0, 0.05) is 18.4 Å². The fourth-order valence-corrected chi connectivity index (χ4v) is 1.90. The van der Waals surface area contributed by atoms with Gasteiger partial charge in [0.05, 0.1) is 0 Å². The predicted octanol–water partition coefficient (Wildman–Crippen LogP) is 1.69. The molecule has 2 heterocycles. The van der Waals surface area contributed by atoms with Crippen LogP contribution in [0.3, 0.4) is 0 Å². The predicted molar refractivity (Wildman–Crippen MR) is 56.8 cm³/mol. The molecule has 3 heteroatoms. The van der Waals surface area contributed by atoms with Crippen molar-refractivity contribution in [2.45, 2.75) is 18.9 Å². The Labute approximate surface area is 98.5 Å². The zero-order valence-corrected chi connectivity index (χ0v) is 9.52. The van der Waals surface area contributed by atoms with Crippen molar-refractivity contribution >= 4 is 23.1 Å². The third kappa shape index (κ3) is 2.42. The van der Waals surface area contributed by atoms with E-state index in [0.717, 1.165) is 0 Å². The van der Waals surface area contributed by atoms with Gasteiger partial charge in [-0.1, -0.05) is 6.07 Å². The summed E-state index contributed by atoms with van der Waals surface area (Å²) in [5.74, 6) is 0. The van der Waals surface area contributed by atoms with Gasteiger partial charge in [-0.05, 0) is 38.1 Å². The third-order valence-electron chi connectivity index (χ3n) is 2.59. The first-order chi connectivity index (χ1) is 5.88. The van der Waals surface area contributed by atoms with Gasteiger partial charge in [0.1, 0.15) is 0 Å². The van der Waals surface area contributed by atoms with Crippen LogP contribution in [0.1, 0.15) is 27.3 Å². The molecule has 1 unspecified atom stereocenters. The molecule has 1 aromatic heterocycles. The topological polar surface area (TPSA) is 16.1 Å². The van der Waals surface area contributed by atoms with Crippen LogP contribution in [0.5, 0.6) is 0 Å². The number of rotatable bonds is 1. The molecule has 13 heavy (non-hydrogen) atoms. The summed E-state index contributed by atoms with van der Waals surface area (Å²) in [5.41, 5.74) is 1.36. The number of hydrogen-bond acceptors (Lipinski definition) is 2. The van der Waals surface area contributed by atoms with Gasteiger partial charge in [0.25, 0.3) is 0 Å². The molecule has 2 nitrogen and oxygen atoms in total. The maximum Gasteiger partial charge on any atom is 2.00 e. The number of pyridine rings is 1. The molecule has 1 fully saturated rings. The van der Waals surface area contributed by atoms with Crippen molar-refractivity contribution in [2.75, 3.05) is 13.6 Å². The van der Waals surface area contributed by atoms with Gasteiger partial charge < -0.3 is 2.85 Å². The Morgan fingerprint density at radius 2 is 2.46 bits per heavy atom. The summed E-state index contributed by atoms with van der Waals surface area (Å²) < 4.78 is 0. The molecule has 0 spiro atoms. The first kappa shape index (κ1) is 11.0. The normalized spacial score (nSPS) is 22.7. The Hall–Kier alpha value is -0.124. The Morgan fingerprint density at radius 1 is 1.62 bits per heavy atom. The van der Waals surface area contributed by atoms with Gasteiger partial charge >= 0.3 is 23.1 Å². The number of nitrogens with zero attached hydrogens (tertiary/aromatic N) is 2. The molecule has 1 saturated heterocycles. The summed E-state index contributed by atoms with van der Waals surface area (Å²) in [5, 5.41) is 0. The molecule has 2 rings (SSSR count). The summed E-state index contributed by atoms with van der Waals surface area (Å²) >= 11 is 0. The van der Waals surface area contributed by atoms with Gasteiger partial charge in [-0.15, -0.1) is 0 Å². The Morgan fingerprint density at radius 3 is 3.00 bits per heavy atom. The molecule has 1 atom stereocenters. The molecule has 1 aromatic rings. The summed E-state index contributed by atoms with van der Waals surface area (Å²) in [6, 6.07) is 4.79. The SMILES string of the molecule is CN1CCCC1c1cccnc1.[H-].[H-].[Mg+2]. The molecule has 0 aliphatic carbocycles. The zero-order chi connectivity index (χ0) is 8.39. The fraction of sp³-hybridized carbons (Fsp3) is 0.500. The molecule has 0 bridgehead atoms. The molecule has 0 N–H and O–H groups in total. The van der Waals surface area contributed by atoms with Gasteiger partial charge in [-0.3, -0.25) is 9.88 Å². The van der Waals surface area contributed by atoms with Gasteiger partial charge in [-0.25, -0.2) is 0 Å². The van der Waals surface area contributed by atoms with Crippen LogP contribution in [-0.4, -0.2) is 46.5 Å². The van der Waals surface area contributed by atoms with Crippen molar-refractivity contribution in [2.24, 2.45) is 0 Å². The fourth-order valence-electron chi connectivity index (χ4n) is 1.90. The molecule has 68 valence electrons. The van der Waals surface area contributed by atoms with E-state index in [1.54, 1.807) is 0 Å². The summed E-state index contributed by atoms with van der Waals surface area (Å²) in [6.07, 6.45) is 6.41. The van der Waals surface area contributed by atoms with E-state index in [0.29, 0.717) is 6.04 Å². The van der Waals surface area contributed by atoms with Crippen molar-refractivity contribution in [3.05, 3.63) is 30.1 Å². The maximum absolute atomic E-state index is 4.14. The van der Waals surface area contributed by atoms with Crippen LogP contribution >= 0.6 is 0 Å². The van der Waals surface area contributed by atoms with Crippen LogP contribution in [0.4, 0.5) is 0 Å². The van der Waals surface area contributed by atoms with Crippen LogP contribution in [0, 0.1) is 0 Å². The molecule has 1 aliphatic heterocycles. The van der Waals surface area contributed by atoms with E-state index in [2.05, 4.69) is 23.0 Å². The van der Waals surface area contributed by atoms with Crippen LogP contribution < -0.4 is 0 Å². The van der Waals surface area contributed by atoms with Crippen molar-refractivity contribution in [1.82, 2.24) is 9.88 Å². The first-order valence-electron chi connectivity index (χ1n) is 4.48. The average Bonchev–Trinajstić information content (AvgIpc) is 2.53. The van der Waals surface area contributed by atoms with Crippen molar-refractivity contribution < 1.29 is 2.85 Å². The zero-order valence-electron chi connectivity index (χ0n) is 10.1. The Kier molecular flexibility index (Phi) is 4.16. The number of hydrogen-bond donors (Lipinski definition) is 0. The van der Waals surface area contributed by atoms with Crippen LogP contribution in [0.2, 0.25) is 0 Å². The molecule has 0 amide bonds. The molecule has 0 saturated carbocycles. The van der Waals surface area contributed by atoms with Crippen molar-refractivity contribution in [1.29, 1.82) is 0 Å². The second-order valence-electron chi connectivity index (χ2n) is 3.42. The van der Waals surface area contributed by atoms with E-state index >= 15 is 0 Å². The first-order valence-corrected chi connectivity index (χ1v) is 4.48. The van der Waals surface area contributed by atoms with E-state index in [4.69, 9.17) is 0 Å². The molecular weight excluding hydrogens is 172 g/mol. The van der Waals surface area contributed by atoms with E-state index in [9.17, 15) is 0 Å². The smallest absolute Gasteiger partial charge is 1.00 e. The second-order valence-corrected chi connectivity index (χ2v) is 3.42. The summed E-state index contributed by atoms with van der Waals surface area (Å²) in [4.78, 5) is 6.54.